The second-order valence-corrected chi connectivity index (χ2v) is 4.24. The third-order valence-electron chi connectivity index (χ3n) is 2.84. The number of nitrogens with two attached hydrogens (primary N) is 1. The molecule has 0 saturated carbocycles. The number of halogens is 4. The predicted octanol–water partition coefficient (Wildman–Crippen LogP) is 3.36. The van der Waals surface area contributed by atoms with Crippen molar-refractivity contribution in [1.82, 2.24) is 0 Å². The molecule has 0 aromatic heterocycles. The Labute approximate surface area is 111 Å². The van der Waals surface area contributed by atoms with Gasteiger partial charge in [0.1, 0.15) is 17.5 Å². The second-order valence-electron chi connectivity index (χ2n) is 4.24. The SMILES string of the molecule is Cc1cc(F)c(C(=O)c2c(F)ccc(N)c2F)cc1F. The Morgan fingerprint density at radius 2 is 1.65 bits per heavy atom. The Morgan fingerprint density at radius 1 is 1.00 bits per heavy atom. The lowest BCUT2D eigenvalue weighted by Gasteiger charge is -2.08. The van der Waals surface area contributed by atoms with E-state index >= 15 is 0 Å². The molecule has 0 spiro atoms. The number of carbonyl (C=O) groups is 1. The maximum absolute atomic E-state index is 13.7. The standard InChI is InChI=1S/C14H9F4NO/c1-6-4-10(17)7(5-9(6)16)14(20)12-8(15)2-3-11(19)13(12)18/h2-5H,19H2,1H3. The van der Waals surface area contributed by atoms with Crippen LogP contribution in [0.2, 0.25) is 0 Å². The van der Waals surface area contributed by atoms with E-state index in [-0.39, 0.29) is 5.56 Å². The molecule has 0 radical (unpaired) electrons. The average Bonchev–Trinajstić information content (AvgIpc) is 2.38. The molecule has 0 bridgehead atoms. The van der Waals surface area contributed by atoms with Crippen molar-refractivity contribution in [3.63, 3.8) is 0 Å². The highest BCUT2D eigenvalue weighted by atomic mass is 19.1. The lowest BCUT2D eigenvalue weighted by molar-refractivity contribution is 0.102. The van der Waals surface area contributed by atoms with Crippen LogP contribution >= 0.6 is 0 Å². The van der Waals surface area contributed by atoms with Gasteiger partial charge in [0, 0.05) is 0 Å². The first-order valence-corrected chi connectivity index (χ1v) is 5.56. The summed E-state index contributed by atoms with van der Waals surface area (Å²) in [5.74, 6) is -5.70. The van der Waals surface area contributed by atoms with Gasteiger partial charge in [-0.1, -0.05) is 0 Å². The van der Waals surface area contributed by atoms with Crippen LogP contribution in [0.3, 0.4) is 0 Å². The van der Waals surface area contributed by atoms with E-state index in [0.717, 1.165) is 18.2 Å². The van der Waals surface area contributed by atoms with Crippen LogP contribution in [0.15, 0.2) is 24.3 Å². The Hall–Kier alpha value is -2.37. The topological polar surface area (TPSA) is 43.1 Å². The fraction of sp³-hybridized carbons (Fsp3) is 0.0714. The number of benzene rings is 2. The van der Waals surface area contributed by atoms with Crippen molar-refractivity contribution in [2.24, 2.45) is 0 Å². The van der Waals surface area contributed by atoms with Gasteiger partial charge in [-0.3, -0.25) is 4.79 Å². The van der Waals surface area contributed by atoms with Gasteiger partial charge in [-0.25, -0.2) is 17.6 Å². The van der Waals surface area contributed by atoms with Crippen LogP contribution in [-0.4, -0.2) is 5.78 Å². The van der Waals surface area contributed by atoms with Gasteiger partial charge in [-0.2, -0.15) is 0 Å². The van der Waals surface area contributed by atoms with Gasteiger partial charge in [0.15, 0.2) is 5.82 Å². The minimum Gasteiger partial charge on any atom is -0.396 e. The van der Waals surface area contributed by atoms with Gasteiger partial charge in [-0.15, -0.1) is 0 Å². The number of rotatable bonds is 2. The van der Waals surface area contributed by atoms with Gasteiger partial charge in [0.05, 0.1) is 16.8 Å². The number of hydrogen-bond acceptors (Lipinski definition) is 2. The predicted molar refractivity (Wildman–Crippen MR) is 65.3 cm³/mol. The molecule has 0 heterocycles. The van der Waals surface area contributed by atoms with Crippen LogP contribution < -0.4 is 5.73 Å². The number of carbonyl (C=O) groups excluding carboxylic acids is 1. The van der Waals surface area contributed by atoms with E-state index in [9.17, 15) is 22.4 Å². The van der Waals surface area contributed by atoms with Gasteiger partial charge in [-0.05, 0) is 36.8 Å². The molecular weight excluding hydrogens is 274 g/mol. The Kier molecular flexibility index (Phi) is 3.48. The number of anilines is 1. The number of nitrogen functional groups attached to an aromatic ring is 1. The minimum atomic E-state index is -1.30. The van der Waals surface area contributed by atoms with Crippen LogP contribution in [0.25, 0.3) is 0 Å². The molecule has 0 unspecified atom stereocenters. The van der Waals surface area contributed by atoms with Crippen molar-refractivity contribution in [2.45, 2.75) is 6.92 Å². The smallest absolute Gasteiger partial charge is 0.202 e. The maximum Gasteiger partial charge on any atom is 0.202 e. The zero-order chi connectivity index (χ0) is 15.0. The summed E-state index contributed by atoms with van der Waals surface area (Å²) in [6, 6.07) is 3.11. The highest BCUT2D eigenvalue weighted by Crippen LogP contribution is 2.24. The molecule has 2 aromatic carbocycles. The molecule has 0 aliphatic heterocycles. The highest BCUT2D eigenvalue weighted by molar-refractivity contribution is 6.10. The molecule has 0 amide bonds. The van der Waals surface area contributed by atoms with Crippen molar-refractivity contribution in [1.29, 1.82) is 0 Å². The minimum absolute atomic E-state index is 0.0208. The van der Waals surface area contributed by atoms with Crippen molar-refractivity contribution in [3.8, 4) is 0 Å². The van der Waals surface area contributed by atoms with E-state index in [0.29, 0.717) is 6.07 Å². The fourth-order valence-electron chi connectivity index (χ4n) is 1.73. The monoisotopic (exact) mass is 283 g/mol. The first-order valence-electron chi connectivity index (χ1n) is 5.56. The third kappa shape index (κ3) is 2.24. The number of aryl methyl sites for hydroxylation is 1. The maximum atomic E-state index is 13.7. The third-order valence-corrected chi connectivity index (χ3v) is 2.84. The first kappa shape index (κ1) is 14.0. The van der Waals surface area contributed by atoms with Crippen LogP contribution in [0, 0.1) is 30.2 Å². The van der Waals surface area contributed by atoms with Crippen molar-refractivity contribution in [2.75, 3.05) is 5.73 Å². The molecule has 0 aliphatic carbocycles. The summed E-state index contributed by atoms with van der Waals surface area (Å²) in [7, 11) is 0. The van der Waals surface area contributed by atoms with E-state index in [4.69, 9.17) is 5.73 Å². The van der Waals surface area contributed by atoms with Crippen molar-refractivity contribution >= 4 is 11.5 Å². The molecule has 0 fully saturated rings. The van der Waals surface area contributed by atoms with Crippen LogP contribution in [0.4, 0.5) is 23.2 Å². The van der Waals surface area contributed by atoms with E-state index in [1.54, 1.807) is 0 Å². The second kappa shape index (κ2) is 4.96. The molecule has 0 atom stereocenters. The van der Waals surface area contributed by atoms with Gasteiger partial charge in [0.2, 0.25) is 5.78 Å². The average molecular weight is 283 g/mol. The van der Waals surface area contributed by atoms with Crippen molar-refractivity contribution in [3.05, 3.63) is 64.2 Å². The molecule has 20 heavy (non-hydrogen) atoms. The van der Waals surface area contributed by atoms with E-state index in [2.05, 4.69) is 0 Å². The lowest BCUT2D eigenvalue weighted by atomic mass is 9.99. The summed E-state index contributed by atoms with van der Waals surface area (Å²) >= 11 is 0. The van der Waals surface area contributed by atoms with Crippen LogP contribution in [0.1, 0.15) is 21.5 Å². The molecule has 2 aromatic rings. The summed E-state index contributed by atoms with van der Waals surface area (Å²) in [5.41, 5.74) is 3.00. The molecule has 2 rings (SSSR count). The lowest BCUT2D eigenvalue weighted by Crippen LogP contribution is -2.12. The largest absolute Gasteiger partial charge is 0.396 e. The van der Waals surface area contributed by atoms with Gasteiger partial charge >= 0.3 is 0 Å². The first-order chi connectivity index (χ1) is 9.32. The number of ketones is 1. The van der Waals surface area contributed by atoms with E-state index < -0.39 is 45.9 Å². The zero-order valence-electron chi connectivity index (χ0n) is 10.3. The van der Waals surface area contributed by atoms with Gasteiger partial charge in [0.25, 0.3) is 0 Å². The molecular formula is C14H9F4NO. The Morgan fingerprint density at radius 3 is 2.30 bits per heavy atom. The van der Waals surface area contributed by atoms with Crippen molar-refractivity contribution < 1.29 is 22.4 Å². The molecule has 6 heteroatoms. The summed E-state index contributed by atoms with van der Waals surface area (Å²) in [6.07, 6.45) is 0. The molecule has 0 aliphatic rings. The summed E-state index contributed by atoms with van der Waals surface area (Å²) in [5, 5.41) is 0. The Bertz CT molecular complexity index is 713. The number of hydrogen-bond donors (Lipinski definition) is 1. The summed E-state index contributed by atoms with van der Waals surface area (Å²) in [6.45, 7) is 1.30. The molecule has 2 N–H and O–H groups in total. The van der Waals surface area contributed by atoms with Crippen LogP contribution in [0.5, 0.6) is 0 Å². The summed E-state index contributed by atoms with van der Waals surface area (Å²) < 4.78 is 54.3. The van der Waals surface area contributed by atoms with Crippen LogP contribution in [-0.2, 0) is 0 Å². The normalized spacial score (nSPS) is 10.7. The van der Waals surface area contributed by atoms with Gasteiger partial charge < -0.3 is 5.73 Å². The highest BCUT2D eigenvalue weighted by Gasteiger charge is 2.24. The molecule has 104 valence electrons. The fourth-order valence-corrected chi connectivity index (χ4v) is 1.73. The molecule has 0 saturated heterocycles. The quantitative estimate of drug-likeness (QED) is 0.521. The zero-order valence-corrected chi connectivity index (χ0v) is 10.3. The Balaban J connectivity index is 2.64. The van der Waals surface area contributed by atoms with E-state index in [1.807, 2.05) is 0 Å². The van der Waals surface area contributed by atoms with E-state index in [1.165, 1.54) is 6.92 Å². The summed E-state index contributed by atoms with van der Waals surface area (Å²) in [4.78, 5) is 12.0. The molecule has 2 nitrogen and oxygen atoms in total.